The summed E-state index contributed by atoms with van der Waals surface area (Å²) in [5.41, 5.74) is 1.03. The lowest BCUT2D eigenvalue weighted by Crippen LogP contribution is -2.43. The maximum absolute atomic E-state index is 10.9. The topological polar surface area (TPSA) is 66.3 Å². The molecule has 1 aliphatic rings. The van der Waals surface area contributed by atoms with Crippen LogP contribution in [0, 0.1) is 12.8 Å². The number of aryl methyl sites for hydroxylation is 1. The Kier molecular flexibility index (Phi) is 3.26. The smallest absolute Gasteiger partial charge is 0.306 e. The van der Waals surface area contributed by atoms with Gasteiger partial charge < -0.3 is 10.0 Å². The van der Waals surface area contributed by atoms with Crippen molar-refractivity contribution in [2.24, 2.45) is 5.92 Å². The number of carboxylic acids is 1. The van der Waals surface area contributed by atoms with Crippen molar-refractivity contribution < 1.29 is 9.90 Å². The number of piperidine rings is 1. The highest BCUT2D eigenvalue weighted by molar-refractivity contribution is 5.70. The van der Waals surface area contributed by atoms with Gasteiger partial charge in [-0.15, -0.1) is 0 Å². The van der Waals surface area contributed by atoms with Gasteiger partial charge in [0.1, 0.15) is 0 Å². The van der Waals surface area contributed by atoms with Crippen LogP contribution in [-0.4, -0.2) is 33.6 Å². The molecule has 0 saturated carbocycles. The van der Waals surface area contributed by atoms with Gasteiger partial charge in [-0.1, -0.05) is 0 Å². The molecule has 0 radical (unpaired) electrons. The number of aromatic nitrogens is 2. The quantitative estimate of drug-likeness (QED) is 0.841. The Labute approximate surface area is 100 Å². The Morgan fingerprint density at radius 1 is 1.47 bits per heavy atom. The number of carbonyl (C=O) groups is 1. The average Bonchev–Trinajstić information content (AvgIpc) is 2.30. The third-order valence-electron chi connectivity index (χ3n) is 3.25. The number of rotatable bonds is 2. The lowest BCUT2D eigenvalue weighted by molar-refractivity contribution is -0.142. The SMILES string of the molecule is Cc1cnc(N2CCC(C(=O)O)CC2C)nc1. The molecule has 1 N–H and O–H groups in total. The van der Waals surface area contributed by atoms with Crippen molar-refractivity contribution in [2.75, 3.05) is 11.4 Å². The Hall–Kier alpha value is -1.65. The molecule has 1 saturated heterocycles. The van der Waals surface area contributed by atoms with E-state index < -0.39 is 5.97 Å². The minimum absolute atomic E-state index is 0.174. The first kappa shape index (κ1) is 11.8. The highest BCUT2D eigenvalue weighted by Crippen LogP contribution is 2.25. The monoisotopic (exact) mass is 235 g/mol. The van der Waals surface area contributed by atoms with Crippen molar-refractivity contribution in [1.82, 2.24) is 9.97 Å². The molecule has 1 fully saturated rings. The van der Waals surface area contributed by atoms with Gasteiger partial charge in [0.05, 0.1) is 5.92 Å². The molecular formula is C12H17N3O2. The van der Waals surface area contributed by atoms with E-state index in [1.54, 1.807) is 12.4 Å². The fourth-order valence-electron chi connectivity index (χ4n) is 2.23. The van der Waals surface area contributed by atoms with Gasteiger partial charge in [-0.2, -0.15) is 0 Å². The lowest BCUT2D eigenvalue weighted by Gasteiger charge is -2.36. The van der Waals surface area contributed by atoms with Crippen LogP contribution >= 0.6 is 0 Å². The Morgan fingerprint density at radius 2 is 2.12 bits per heavy atom. The predicted octanol–water partition coefficient (Wildman–Crippen LogP) is 1.47. The molecule has 1 aliphatic heterocycles. The van der Waals surface area contributed by atoms with Gasteiger partial charge in [0.2, 0.25) is 5.95 Å². The average molecular weight is 235 g/mol. The summed E-state index contributed by atoms with van der Waals surface area (Å²) in [5, 5.41) is 9.00. The van der Waals surface area contributed by atoms with E-state index >= 15 is 0 Å². The molecule has 0 aliphatic carbocycles. The molecule has 2 unspecified atom stereocenters. The molecule has 1 aromatic heterocycles. The third-order valence-corrected chi connectivity index (χ3v) is 3.25. The number of hydrogen-bond donors (Lipinski definition) is 1. The highest BCUT2D eigenvalue weighted by Gasteiger charge is 2.30. The van der Waals surface area contributed by atoms with Crippen LogP contribution in [0.2, 0.25) is 0 Å². The van der Waals surface area contributed by atoms with Crippen molar-refractivity contribution in [3.05, 3.63) is 18.0 Å². The van der Waals surface area contributed by atoms with E-state index in [-0.39, 0.29) is 12.0 Å². The fraction of sp³-hybridized carbons (Fsp3) is 0.583. The summed E-state index contributed by atoms with van der Waals surface area (Å²) in [7, 11) is 0. The molecule has 0 amide bonds. The molecule has 5 nitrogen and oxygen atoms in total. The largest absolute Gasteiger partial charge is 0.481 e. The Balaban J connectivity index is 2.09. The third kappa shape index (κ3) is 2.54. The number of anilines is 1. The first-order chi connectivity index (χ1) is 8.08. The molecule has 2 atom stereocenters. The summed E-state index contributed by atoms with van der Waals surface area (Å²) >= 11 is 0. The van der Waals surface area contributed by atoms with Crippen LogP contribution in [0.5, 0.6) is 0 Å². The summed E-state index contributed by atoms with van der Waals surface area (Å²) in [6, 6.07) is 0.174. The normalized spacial score (nSPS) is 24.7. The summed E-state index contributed by atoms with van der Waals surface area (Å²) in [6.45, 7) is 4.68. The molecule has 0 spiro atoms. The second-order valence-electron chi connectivity index (χ2n) is 4.66. The van der Waals surface area contributed by atoms with Crippen molar-refractivity contribution in [1.29, 1.82) is 0 Å². The molecule has 0 aromatic carbocycles. The zero-order chi connectivity index (χ0) is 12.4. The van der Waals surface area contributed by atoms with Crippen LogP contribution in [-0.2, 0) is 4.79 Å². The van der Waals surface area contributed by atoms with E-state index in [2.05, 4.69) is 14.9 Å². The number of nitrogens with zero attached hydrogens (tertiary/aromatic N) is 3. The van der Waals surface area contributed by atoms with Crippen molar-refractivity contribution in [3.63, 3.8) is 0 Å². The first-order valence-corrected chi connectivity index (χ1v) is 5.86. The number of aliphatic carboxylic acids is 1. The lowest BCUT2D eigenvalue weighted by atomic mass is 9.92. The summed E-state index contributed by atoms with van der Waals surface area (Å²) in [6.07, 6.45) is 4.90. The zero-order valence-corrected chi connectivity index (χ0v) is 10.1. The summed E-state index contributed by atoms with van der Waals surface area (Å²) in [5.74, 6) is -0.222. The maximum atomic E-state index is 10.9. The van der Waals surface area contributed by atoms with E-state index in [1.165, 1.54) is 0 Å². The van der Waals surface area contributed by atoms with Gasteiger partial charge in [0.25, 0.3) is 0 Å². The van der Waals surface area contributed by atoms with Crippen molar-refractivity contribution in [3.8, 4) is 0 Å². The molecule has 2 heterocycles. The summed E-state index contributed by atoms with van der Waals surface area (Å²) < 4.78 is 0. The first-order valence-electron chi connectivity index (χ1n) is 5.86. The highest BCUT2D eigenvalue weighted by atomic mass is 16.4. The van der Waals surface area contributed by atoms with Gasteiger partial charge in [0, 0.05) is 25.0 Å². The van der Waals surface area contributed by atoms with Crippen LogP contribution in [0.4, 0.5) is 5.95 Å². The number of hydrogen-bond acceptors (Lipinski definition) is 4. The molecule has 92 valence electrons. The second kappa shape index (κ2) is 4.69. The van der Waals surface area contributed by atoms with Crippen LogP contribution in [0.25, 0.3) is 0 Å². The van der Waals surface area contributed by atoms with E-state index in [0.717, 1.165) is 5.56 Å². The fourth-order valence-corrected chi connectivity index (χ4v) is 2.23. The van der Waals surface area contributed by atoms with E-state index in [4.69, 9.17) is 5.11 Å². The summed E-state index contributed by atoms with van der Waals surface area (Å²) in [4.78, 5) is 21.6. The zero-order valence-electron chi connectivity index (χ0n) is 10.1. The van der Waals surface area contributed by atoms with Gasteiger partial charge >= 0.3 is 5.97 Å². The van der Waals surface area contributed by atoms with E-state index in [0.29, 0.717) is 25.3 Å². The van der Waals surface area contributed by atoms with E-state index in [1.807, 2.05) is 13.8 Å². The van der Waals surface area contributed by atoms with Crippen LogP contribution in [0.15, 0.2) is 12.4 Å². The molecule has 2 rings (SSSR count). The Bertz CT molecular complexity index is 405. The number of carboxylic acid groups (broad SMARTS) is 1. The molecule has 5 heteroatoms. The van der Waals surface area contributed by atoms with E-state index in [9.17, 15) is 4.79 Å². The van der Waals surface area contributed by atoms with Crippen LogP contribution in [0.1, 0.15) is 25.3 Å². The minimum Gasteiger partial charge on any atom is -0.481 e. The van der Waals surface area contributed by atoms with Gasteiger partial charge in [-0.3, -0.25) is 4.79 Å². The van der Waals surface area contributed by atoms with Crippen LogP contribution < -0.4 is 4.90 Å². The standard InChI is InChI=1S/C12H17N3O2/c1-8-6-13-12(14-7-8)15-4-3-10(11(16)17)5-9(15)2/h6-7,9-10H,3-5H2,1-2H3,(H,16,17). The minimum atomic E-state index is -0.693. The maximum Gasteiger partial charge on any atom is 0.306 e. The second-order valence-corrected chi connectivity index (χ2v) is 4.66. The van der Waals surface area contributed by atoms with Gasteiger partial charge in [-0.05, 0) is 32.3 Å². The van der Waals surface area contributed by atoms with Crippen LogP contribution in [0.3, 0.4) is 0 Å². The van der Waals surface area contributed by atoms with Gasteiger partial charge in [0.15, 0.2) is 0 Å². The van der Waals surface area contributed by atoms with Gasteiger partial charge in [-0.25, -0.2) is 9.97 Å². The Morgan fingerprint density at radius 3 is 2.65 bits per heavy atom. The van der Waals surface area contributed by atoms with Crippen molar-refractivity contribution >= 4 is 11.9 Å². The van der Waals surface area contributed by atoms with Crippen molar-refractivity contribution in [2.45, 2.75) is 32.7 Å². The predicted molar refractivity (Wildman–Crippen MR) is 63.9 cm³/mol. The molecule has 1 aromatic rings. The molecule has 0 bridgehead atoms. The molecule has 17 heavy (non-hydrogen) atoms. The molecular weight excluding hydrogens is 218 g/mol.